The van der Waals surface area contributed by atoms with Gasteiger partial charge in [-0.15, -0.1) is 0 Å². The minimum atomic E-state index is -0.412. The summed E-state index contributed by atoms with van der Waals surface area (Å²) in [5.74, 6) is 0.0583. The molecule has 1 amide bonds. The number of nitrogens with zero attached hydrogens (tertiary/aromatic N) is 3. The second kappa shape index (κ2) is 8.85. The van der Waals surface area contributed by atoms with Crippen molar-refractivity contribution in [2.75, 3.05) is 13.2 Å². The summed E-state index contributed by atoms with van der Waals surface area (Å²) in [5, 5.41) is 7.47. The first kappa shape index (κ1) is 20.3. The number of amides is 1. The maximum atomic E-state index is 12.2. The molecular formula is C25H21ClN4O2. The summed E-state index contributed by atoms with van der Waals surface area (Å²) in [6.07, 6.45) is 7.62. The van der Waals surface area contributed by atoms with Crippen LogP contribution >= 0.6 is 11.6 Å². The molecule has 5 rings (SSSR count). The molecule has 0 spiro atoms. The van der Waals surface area contributed by atoms with Crippen LogP contribution in [0.4, 0.5) is 4.79 Å². The molecule has 0 fully saturated rings. The number of benzene rings is 2. The quantitative estimate of drug-likeness (QED) is 0.322. The van der Waals surface area contributed by atoms with Crippen LogP contribution in [0.5, 0.6) is 0 Å². The molecule has 4 aromatic rings. The number of aromatic nitrogens is 3. The third-order valence-corrected chi connectivity index (χ3v) is 5.79. The van der Waals surface area contributed by atoms with Crippen molar-refractivity contribution in [3.05, 3.63) is 94.9 Å². The van der Waals surface area contributed by atoms with Crippen LogP contribution in [0.1, 0.15) is 29.0 Å². The van der Waals surface area contributed by atoms with Crippen LogP contribution in [0.2, 0.25) is 5.15 Å². The molecular weight excluding hydrogens is 424 g/mol. The van der Waals surface area contributed by atoms with Crippen molar-refractivity contribution in [3.63, 3.8) is 0 Å². The average molecular weight is 445 g/mol. The molecule has 2 heterocycles. The highest BCUT2D eigenvalue weighted by Gasteiger charge is 2.28. The lowest BCUT2D eigenvalue weighted by atomic mass is 9.98. The molecule has 0 saturated carbocycles. The number of nitrogens with one attached hydrogen (secondary N) is 1. The lowest BCUT2D eigenvalue weighted by Crippen LogP contribution is -2.26. The van der Waals surface area contributed by atoms with Crippen LogP contribution in [-0.2, 0) is 4.74 Å². The van der Waals surface area contributed by atoms with E-state index in [0.717, 1.165) is 5.56 Å². The number of carbonyl (C=O) groups is 1. The predicted molar refractivity (Wildman–Crippen MR) is 125 cm³/mol. The van der Waals surface area contributed by atoms with E-state index in [9.17, 15) is 4.79 Å². The Morgan fingerprint density at radius 3 is 2.56 bits per heavy atom. The van der Waals surface area contributed by atoms with Crippen molar-refractivity contribution < 1.29 is 9.53 Å². The number of hydrogen-bond acceptors (Lipinski definition) is 4. The molecule has 0 aliphatic heterocycles. The normalized spacial score (nSPS) is 12.8. The van der Waals surface area contributed by atoms with Gasteiger partial charge in [0, 0.05) is 24.2 Å². The molecule has 32 heavy (non-hydrogen) atoms. The van der Waals surface area contributed by atoms with E-state index in [1.54, 1.807) is 23.0 Å². The summed E-state index contributed by atoms with van der Waals surface area (Å²) in [6.45, 7) is 0.783. The Hall–Kier alpha value is -3.64. The highest BCUT2D eigenvalue weighted by molar-refractivity contribution is 6.29. The fourth-order valence-electron chi connectivity index (χ4n) is 4.10. The van der Waals surface area contributed by atoms with Gasteiger partial charge in [0.1, 0.15) is 11.8 Å². The molecule has 0 radical (unpaired) electrons. The molecule has 1 N–H and O–H groups in total. The van der Waals surface area contributed by atoms with Crippen LogP contribution in [0, 0.1) is 0 Å². The number of fused-ring (bicyclic) bond motifs is 4. The van der Waals surface area contributed by atoms with Crippen molar-refractivity contribution in [1.29, 1.82) is 0 Å². The molecule has 0 saturated heterocycles. The molecule has 2 aromatic heterocycles. The number of alkyl carbamates (subject to hydrolysis) is 1. The molecule has 0 atom stereocenters. The maximum absolute atomic E-state index is 12.2. The highest BCUT2D eigenvalue weighted by Crippen LogP contribution is 2.44. The van der Waals surface area contributed by atoms with Gasteiger partial charge in [0.2, 0.25) is 0 Å². The molecule has 7 heteroatoms. The second-order valence-electron chi connectivity index (χ2n) is 7.56. The van der Waals surface area contributed by atoms with Crippen molar-refractivity contribution >= 4 is 29.4 Å². The van der Waals surface area contributed by atoms with Crippen LogP contribution in [-0.4, -0.2) is 33.8 Å². The summed E-state index contributed by atoms with van der Waals surface area (Å²) in [7, 11) is 0. The monoisotopic (exact) mass is 444 g/mol. The Kier molecular flexibility index (Phi) is 5.60. The Balaban J connectivity index is 1.14. The summed E-state index contributed by atoms with van der Waals surface area (Å²) < 4.78 is 7.22. The number of carbonyl (C=O) groups excluding carboxylic acids is 1. The standard InChI is InChI=1S/C25H21ClN4O2/c26-23-12-14-30-24(29-23)17(15-28-30)7-5-6-13-27-25(31)32-16-22-20-10-3-1-8-18(20)19-9-2-4-11-21(19)22/h1-5,7-12,14-15,22H,6,13,16H2,(H,27,31). The van der Waals surface area contributed by atoms with Crippen molar-refractivity contribution in [1.82, 2.24) is 19.9 Å². The van der Waals surface area contributed by atoms with E-state index in [1.807, 2.05) is 36.4 Å². The molecule has 2 aromatic carbocycles. The van der Waals surface area contributed by atoms with Crippen LogP contribution < -0.4 is 5.32 Å². The SMILES string of the molecule is O=C(NCCC=Cc1cnn2ccc(Cl)nc12)OCC1c2ccccc2-c2ccccc21. The van der Waals surface area contributed by atoms with Gasteiger partial charge in [-0.05, 0) is 34.7 Å². The van der Waals surface area contributed by atoms with E-state index >= 15 is 0 Å². The minimum Gasteiger partial charge on any atom is -0.449 e. The van der Waals surface area contributed by atoms with E-state index in [2.05, 4.69) is 39.7 Å². The Bertz CT molecular complexity index is 1270. The minimum absolute atomic E-state index is 0.0583. The number of hydrogen-bond donors (Lipinski definition) is 1. The number of ether oxygens (including phenoxy) is 1. The van der Waals surface area contributed by atoms with Crippen LogP contribution in [0.15, 0.2) is 73.1 Å². The highest BCUT2D eigenvalue weighted by atomic mass is 35.5. The molecule has 1 aliphatic rings. The van der Waals surface area contributed by atoms with E-state index < -0.39 is 6.09 Å². The van der Waals surface area contributed by atoms with Crippen LogP contribution in [0.3, 0.4) is 0 Å². The van der Waals surface area contributed by atoms with Gasteiger partial charge in [0.25, 0.3) is 0 Å². The smallest absolute Gasteiger partial charge is 0.407 e. The zero-order chi connectivity index (χ0) is 21.9. The Labute approximate surface area is 190 Å². The lowest BCUT2D eigenvalue weighted by molar-refractivity contribution is 0.143. The van der Waals surface area contributed by atoms with Crippen LogP contribution in [0.25, 0.3) is 22.9 Å². The predicted octanol–water partition coefficient (Wildman–Crippen LogP) is 5.32. The van der Waals surface area contributed by atoms with Gasteiger partial charge in [0.05, 0.1) is 6.20 Å². The zero-order valence-electron chi connectivity index (χ0n) is 17.2. The summed E-state index contributed by atoms with van der Waals surface area (Å²) in [6, 6.07) is 18.3. The average Bonchev–Trinajstić information content (AvgIpc) is 3.36. The van der Waals surface area contributed by atoms with Gasteiger partial charge in [-0.3, -0.25) is 0 Å². The van der Waals surface area contributed by atoms with Crippen molar-refractivity contribution in [2.45, 2.75) is 12.3 Å². The van der Waals surface area contributed by atoms with E-state index in [0.29, 0.717) is 30.4 Å². The third-order valence-electron chi connectivity index (χ3n) is 5.58. The summed E-state index contributed by atoms with van der Waals surface area (Å²) in [4.78, 5) is 16.5. The molecule has 0 unspecified atom stereocenters. The third kappa shape index (κ3) is 3.97. The topological polar surface area (TPSA) is 68.5 Å². The summed E-state index contributed by atoms with van der Waals surface area (Å²) in [5.41, 5.74) is 6.39. The van der Waals surface area contributed by atoms with Gasteiger partial charge >= 0.3 is 6.09 Å². The largest absolute Gasteiger partial charge is 0.449 e. The number of halogens is 1. The van der Waals surface area contributed by atoms with E-state index in [1.165, 1.54) is 22.3 Å². The van der Waals surface area contributed by atoms with Gasteiger partial charge < -0.3 is 10.1 Å². The van der Waals surface area contributed by atoms with Crippen molar-refractivity contribution in [3.8, 4) is 11.1 Å². The van der Waals surface area contributed by atoms with E-state index in [-0.39, 0.29) is 5.92 Å². The first-order chi connectivity index (χ1) is 15.7. The molecule has 0 bridgehead atoms. The fourth-order valence-corrected chi connectivity index (χ4v) is 4.24. The lowest BCUT2D eigenvalue weighted by Gasteiger charge is -2.14. The molecule has 6 nitrogen and oxygen atoms in total. The Morgan fingerprint density at radius 2 is 1.81 bits per heavy atom. The first-order valence-corrected chi connectivity index (χ1v) is 10.8. The van der Waals surface area contributed by atoms with Gasteiger partial charge in [0.15, 0.2) is 5.65 Å². The van der Waals surface area contributed by atoms with Gasteiger partial charge in [-0.1, -0.05) is 72.3 Å². The summed E-state index contributed by atoms with van der Waals surface area (Å²) >= 11 is 5.96. The molecule has 1 aliphatic carbocycles. The Morgan fingerprint density at radius 1 is 1.09 bits per heavy atom. The number of rotatable bonds is 6. The van der Waals surface area contributed by atoms with E-state index in [4.69, 9.17) is 16.3 Å². The van der Waals surface area contributed by atoms with Gasteiger partial charge in [-0.25, -0.2) is 14.3 Å². The first-order valence-electron chi connectivity index (χ1n) is 10.5. The zero-order valence-corrected chi connectivity index (χ0v) is 18.0. The van der Waals surface area contributed by atoms with Crippen molar-refractivity contribution in [2.24, 2.45) is 0 Å². The fraction of sp³-hybridized carbons (Fsp3) is 0.160. The van der Waals surface area contributed by atoms with Gasteiger partial charge in [-0.2, -0.15) is 5.10 Å². The second-order valence-corrected chi connectivity index (χ2v) is 7.95. The maximum Gasteiger partial charge on any atom is 0.407 e. The molecule has 160 valence electrons.